The largest absolute Gasteiger partial charge is 0.493 e. The van der Waals surface area contributed by atoms with Gasteiger partial charge in [-0.3, -0.25) is 14.4 Å². The number of amides is 2. The minimum atomic E-state index is -1.08. The quantitative estimate of drug-likeness (QED) is 0.544. The number of ether oxygens (including phenoxy) is 3. The van der Waals surface area contributed by atoms with E-state index in [0.29, 0.717) is 0 Å². The molecule has 0 radical (unpaired) electrons. The van der Waals surface area contributed by atoms with Crippen molar-refractivity contribution in [3.63, 3.8) is 0 Å². The van der Waals surface area contributed by atoms with Crippen molar-refractivity contribution in [2.75, 3.05) is 27.4 Å². The number of carboxylic acid groups (broad SMARTS) is 1. The Kier molecular flexibility index (Phi) is 7.19. The molecule has 0 saturated heterocycles. The second kappa shape index (κ2) is 8.88. The summed E-state index contributed by atoms with van der Waals surface area (Å²) in [7, 11) is 2.80. The molecule has 1 aromatic rings. The summed E-state index contributed by atoms with van der Waals surface area (Å²) < 4.78 is 15.3. The monoisotopic (exact) mass is 354 g/mol. The van der Waals surface area contributed by atoms with E-state index in [4.69, 9.17) is 25.1 Å². The lowest BCUT2D eigenvalue weighted by atomic mass is 9.98. The third-order valence-corrected chi connectivity index (χ3v) is 3.22. The molecule has 0 bridgehead atoms. The SMILES string of the molecule is COCC(C)(CC(=O)O)NC(=O)c1ccc(OCC(N)=O)c(OC)c1. The van der Waals surface area contributed by atoms with Gasteiger partial charge in [0.2, 0.25) is 0 Å². The number of carbonyl (C=O) groups excluding carboxylic acids is 2. The lowest BCUT2D eigenvalue weighted by Gasteiger charge is -2.28. The molecule has 9 heteroatoms. The van der Waals surface area contributed by atoms with Crippen LogP contribution in [0, 0.1) is 0 Å². The summed E-state index contributed by atoms with van der Waals surface area (Å²) in [6.07, 6.45) is -0.302. The molecule has 0 fully saturated rings. The number of primary amides is 1. The highest BCUT2D eigenvalue weighted by atomic mass is 16.5. The van der Waals surface area contributed by atoms with Crippen molar-refractivity contribution < 1.29 is 33.7 Å². The molecule has 1 aromatic carbocycles. The van der Waals surface area contributed by atoms with Crippen molar-refractivity contribution in [3.05, 3.63) is 23.8 Å². The van der Waals surface area contributed by atoms with Gasteiger partial charge in [-0.1, -0.05) is 0 Å². The van der Waals surface area contributed by atoms with E-state index >= 15 is 0 Å². The molecule has 138 valence electrons. The molecule has 1 atom stereocenters. The topological polar surface area (TPSA) is 137 Å². The molecule has 2 amide bonds. The second-order valence-corrected chi connectivity index (χ2v) is 5.64. The maximum absolute atomic E-state index is 12.4. The third-order valence-electron chi connectivity index (χ3n) is 3.22. The summed E-state index contributed by atoms with van der Waals surface area (Å²) in [5.41, 5.74) is 4.17. The van der Waals surface area contributed by atoms with Gasteiger partial charge >= 0.3 is 5.97 Å². The van der Waals surface area contributed by atoms with E-state index in [9.17, 15) is 14.4 Å². The van der Waals surface area contributed by atoms with Crippen LogP contribution in [0.3, 0.4) is 0 Å². The van der Waals surface area contributed by atoms with E-state index in [-0.39, 0.29) is 36.7 Å². The van der Waals surface area contributed by atoms with Crippen molar-refractivity contribution in [3.8, 4) is 11.5 Å². The van der Waals surface area contributed by atoms with E-state index in [1.807, 2.05) is 0 Å². The highest BCUT2D eigenvalue weighted by Gasteiger charge is 2.30. The van der Waals surface area contributed by atoms with Crippen LogP contribution in [0.4, 0.5) is 0 Å². The van der Waals surface area contributed by atoms with Crippen LogP contribution < -0.4 is 20.5 Å². The van der Waals surface area contributed by atoms with E-state index in [1.165, 1.54) is 32.4 Å². The standard InChI is InChI=1S/C16H22N2O7/c1-16(9-23-2,7-14(20)21)18-15(22)10-4-5-11(12(6-10)24-3)25-8-13(17)19/h4-6H,7-9H2,1-3H3,(H2,17,19)(H,18,22)(H,20,21). The first-order valence-electron chi connectivity index (χ1n) is 7.33. The summed E-state index contributed by atoms with van der Waals surface area (Å²) in [5, 5.41) is 11.6. The van der Waals surface area contributed by atoms with Gasteiger partial charge in [0.25, 0.3) is 11.8 Å². The highest BCUT2D eigenvalue weighted by Crippen LogP contribution is 2.28. The number of methoxy groups -OCH3 is 2. The fourth-order valence-corrected chi connectivity index (χ4v) is 2.21. The van der Waals surface area contributed by atoms with Gasteiger partial charge in [-0.05, 0) is 25.1 Å². The maximum Gasteiger partial charge on any atom is 0.305 e. The van der Waals surface area contributed by atoms with Crippen LogP contribution in [-0.2, 0) is 14.3 Å². The molecule has 25 heavy (non-hydrogen) atoms. The molecule has 1 rings (SSSR count). The molecule has 4 N–H and O–H groups in total. The fourth-order valence-electron chi connectivity index (χ4n) is 2.21. The number of aliphatic carboxylic acids is 1. The van der Waals surface area contributed by atoms with E-state index in [0.717, 1.165) is 0 Å². The maximum atomic E-state index is 12.4. The Morgan fingerprint density at radius 1 is 1.24 bits per heavy atom. The Balaban J connectivity index is 2.96. The average molecular weight is 354 g/mol. The molecule has 0 saturated carbocycles. The highest BCUT2D eigenvalue weighted by molar-refractivity contribution is 5.95. The van der Waals surface area contributed by atoms with Crippen LogP contribution in [0.1, 0.15) is 23.7 Å². The van der Waals surface area contributed by atoms with E-state index in [1.54, 1.807) is 6.92 Å². The van der Waals surface area contributed by atoms with Crippen molar-refractivity contribution in [1.29, 1.82) is 0 Å². The summed E-state index contributed by atoms with van der Waals surface area (Å²) in [5.74, 6) is -1.72. The number of carboxylic acids is 1. The predicted octanol–water partition coefficient (Wildman–Crippen LogP) is 0.169. The molecule has 1 unspecified atom stereocenters. The summed E-state index contributed by atoms with van der Waals surface area (Å²) in [6, 6.07) is 4.34. The lowest BCUT2D eigenvalue weighted by Crippen LogP contribution is -2.50. The van der Waals surface area contributed by atoms with Crippen LogP contribution in [-0.4, -0.2) is 55.9 Å². The third kappa shape index (κ3) is 6.30. The first-order chi connectivity index (χ1) is 11.7. The van der Waals surface area contributed by atoms with E-state index < -0.39 is 23.3 Å². The van der Waals surface area contributed by atoms with Gasteiger partial charge in [-0.25, -0.2) is 0 Å². The molecule has 0 spiro atoms. The van der Waals surface area contributed by atoms with Gasteiger partial charge in [-0.2, -0.15) is 0 Å². The minimum Gasteiger partial charge on any atom is -0.493 e. The van der Waals surface area contributed by atoms with Gasteiger partial charge in [0, 0.05) is 12.7 Å². The van der Waals surface area contributed by atoms with Gasteiger partial charge in [0.1, 0.15) is 0 Å². The van der Waals surface area contributed by atoms with E-state index in [2.05, 4.69) is 5.32 Å². The lowest BCUT2D eigenvalue weighted by molar-refractivity contribution is -0.139. The number of nitrogens with two attached hydrogens (primary N) is 1. The van der Waals surface area contributed by atoms with Gasteiger partial charge in [0.05, 0.1) is 25.7 Å². The van der Waals surface area contributed by atoms with Gasteiger partial charge in [0.15, 0.2) is 18.1 Å². The number of nitrogens with one attached hydrogen (secondary N) is 1. The van der Waals surface area contributed by atoms with Crippen LogP contribution >= 0.6 is 0 Å². The number of rotatable bonds is 10. The molecule has 9 nitrogen and oxygen atoms in total. The number of hydrogen-bond donors (Lipinski definition) is 3. The summed E-state index contributed by atoms with van der Waals surface area (Å²) >= 11 is 0. The zero-order valence-corrected chi connectivity index (χ0v) is 14.3. The second-order valence-electron chi connectivity index (χ2n) is 5.64. The molecule has 0 aromatic heterocycles. The molecule has 0 aliphatic heterocycles. The molecular formula is C16H22N2O7. The number of carbonyl (C=O) groups is 3. The Bertz CT molecular complexity index is 647. The zero-order valence-electron chi connectivity index (χ0n) is 14.3. The van der Waals surface area contributed by atoms with Crippen molar-refractivity contribution in [1.82, 2.24) is 5.32 Å². The fraction of sp³-hybridized carbons (Fsp3) is 0.438. The Labute approximate surface area is 145 Å². The van der Waals surface area contributed by atoms with Crippen LogP contribution in [0.5, 0.6) is 11.5 Å². The number of hydrogen-bond acceptors (Lipinski definition) is 6. The Morgan fingerprint density at radius 2 is 1.92 bits per heavy atom. The predicted molar refractivity (Wildman–Crippen MR) is 87.7 cm³/mol. The zero-order chi connectivity index (χ0) is 19.0. The molecule has 0 heterocycles. The van der Waals surface area contributed by atoms with Crippen molar-refractivity contribution >= 4 is 17.8 Å². The smallest absolute Gasteiger partial charge is 0.305 e. The molecule has 0 aliphatic rings. The summed E-state index contributed by atoms with van der Waals surface area (Å²) in [6.45, 7) is 1.28. The molecular weight excluding hydrogens is 332 g/mol. The summed E-state index contributed by atoms with van der Waals surface area (Å²) in [4.78, 5) is 34.2. The normalized spacial score (nSPS) is 12.8. The average Bonchev–Trinajstić information content (AvgIpc) is 2.51. The van der Waals surface area contributed by atoms with Crippen LogP contribution in [0.25, 0.3) is 0 Å². The minimum absolute atomic E-state index is 0.0297. The Morgan fingerprint density at radius 3 is 2.44 bits per heavy atom. The van der Waals surface area contributed by atoms with Gasteiger partial charge < -0.3 is 30.4 Å². The molecule has 0 aliphatic carbocycles. The first kappa shape index (κ1) is 20.2. The van der Waals surface area contributed by atoms with Crippen LogP contribution in [0.15, 0.2) is 18.2 Å². The van der Waals surface area contributed by atoms with Crippen molar-refractivity contribution in [2.24, 2.45) is 5.73 Å². The van der Waals surface area contributed by atoms with Gasteiger partial charge in [-0.15, -0.1) is 0 Å². The first-order valence-corrected chi connectivity index (χ1v) is 7.33. The van der Waals surface area contributed by atoms with Crippen LogP contribution in [0.2, 0.25) is 0 Å². The number of benzene rings is 1. The Hall–Kier alpha value is -2.81. The van der Waals surface area contributed by atoms with Crippen molar-refractivity contribution in [2.45, 2.75) is 18.9 Å².